The highest BCUT2D eigenvalue weighted by Gasteiger charge is 2.22. The number of H-pyrrole nitrogens is 1. The van der Waals surface area contributed by atoms with E-state index >= 15 is 0 Å². The van der Waals surface area contributed by atoms with E-state index in [2.05, 4.69) is 25.9 Å². The van der Waals surface area contributed by atoms with Crippen LogP contribution in [-0.2, 0) is 5.41 Å². The number of hydrogen-bond acceptors (Lipinski definition) is 3. The van der Waals surface area contributed by atoms with Gasteiger partial charge in [0, 0.05) is 11.0 Å². The smallest absolute Gasteiger partial charge is 0.264 e. The lowest BCUT2D eigenvalue weighted by Gasteiger charge is -2.19. The molecule has 0 amide bonds. The third-order valence-electron chi connectivity index (χ3n) is 3.00. The molecule has 1 aromatic heterocycles. The van der Waals surface area contributed by atoms with Gasteiger partial charge >= 0.3 is 0 Å². The van der Waals surface area contributed by atoms with E-state index in [9.17, 15) is 4.79 Å². The molecule has 1 N–H and O–H groups in total. The van der Waals surface area contributed by atoms with Crippen LogP contribution in [0.4, 0.5) is 0 Å². The number of aromatic nitrogens is 2. The lowest BCUT2D eigenvalue weighted by Crippen LogP contribution is -2.24. The van der Waals surface area contributed by atoms with Crippen LogP contribution in [0.1, 0.15) is 26.5 Å². The Balaban J connectivity index is 2.63. The van der Waals surface area contributed by atoms with Crippen molar-refractivity contribution in [2.45, 2.75) is 26.2 Å². The van der Waals surface area contributed by atoms with Crippen molar-refractivity contribution < 1.29 is 4.74 Å². The van der Waals surface area contributed by atoms with Gasteiger partial charge in [0.25, 0.3) is 5.56 Å². The van der Waals surface area contributed by atoms with E-state index in [0.29, 0.717) is 9.39 Å². The number of benzene rings is 1. The number of halogens is 2. The van der Waals surface area contributed by atoms with E-state index in [0.717, 1.165) is 21.5 Å². The minimum atomic E-state index is -0.191. The highest BCUT2D eigenvalue weighted by atomic mass is 127. The van der Waals surface area contributed by atoms with Gasteiger partial charge in [0.05, 0.1) is 17.3 Å². The van der Waals surface area contributed by atoms with Crippen LogP contribution < -0.4 is 10.3 Å². The molecular formula is C15H16BrIN2O2. The zero-order valence-electron chi connectivity index (χ0n) is 12.3. The van der Waals surface area contributed by atoms with E-state index in [4.69, 9.17) is 4.74 Å². The van der Waals surface area contributed by atoms with Crippen LogP contribution in [0.3, 0.4) is 0 Å². The summed E-state index contributed by atoms with van der Waals surface area (Å²) in [6, 6.07) is 5.60. The normalized spacial score (nSPS) is 11.5. The predicted octanol–water partition coefficient (Wildman–Crippen LogP) is 4.11. The molecule has 4 nitrogen and oxygen atoms in total. The van der Waals surface area contributed by atoms with E-state index in [1.54, 1.807) is 7.11 Å². The van der Waals surface area contributed by atoms with Crippen molar-refractivity contribution in [1.82, 2.24) is 9.97 Å². The first-order valence-electron chi connectivity index (χ1n) is 6.38. The Hall–Kier alpha value is -0.890. The minimum Gasteiger partial charge on any atom is -0.496 e. The first-order chi connectivity index (χ1) is 9.74. The summed E-state index contributed by atoms with van der Waals surface area (Å²) >= 11 is 5.50. The summed E-state index contributed by atoms with van der Waals surface area (Å²) < 4.78 is 6.67. The highest BCUT2D eigenvalue weighted by molar-refractivity contribution is 14.1. The van der Waals surface area contributed by atoms with E-state index in [1.807, 2.05) is 61.6 Å². The van der Waals surface area contributed by atoms with Crippen LogP contribution in [0.15, 0.2) is 27.5 Å². The highest BCUT2D eigenvalue weighted by Crippen LogP contribution is 2.30. The van der Waals surface area contributed by atoms with Crippen LogP contribution in [0.2, 0.25) is 0 Å². The van der Waals surface area contributed by atoms with Gasteiger partial charge in [0.15, 0.2) is 0 Å². The predicted molar refractivity (Wildman–Crippen MR) is 96.0 cm³/mol. The zero-order chi connectivity index (χ0) is 15.8. The molecule has 112 valence electrons. The number of ether oxygens (including phenoxy) is 1. The summed E-state index contributed by atoms with van der Waals surface area (Å²) in [4.78, 5) is 19.6. The molecule has 0 aliphatic rings. The van der Waals surface area contributed by atoms with Crippen LogP contribution >= 0.6 is 38.5 Å². The summed E-state index contributed by atoms with van der Waals surface area (Å²) in [5.41, 5.74) is 1.33. The van der Waals surface area contributed by atoms with Crippen molar-refractivity contribution >= 4 is 38.5 Å². The number of hydrogen-bond donors (Lipinski definition) is 1. The maximum absolute atomic E-state index is 12.1. The Labute approximate surface area is 145 Å². The van der Waals surface area contributed by atoms with Crippen molar-refractivity contribution in [2.75, 3.05) is 7.11 Å². The molecule has 6 heteroatoms. The van der Waals surface area contributed by atoms with Crippen LogP contribution in [0.5, 0.6) is 5.75 Å². The molecule has 0 aliphatic carbocycles. The molecule has 0 atom stereocenters. The van der Waals surface area contributed by atoms with Crippen molar-refractivity contribution in [2.24, 2.45) is 0 Å². The summed E-state index contributed by atoms with van der Waals surface area (Å²) in [5.74, 6) is 1.30. The number of aromatic amines is 1. The Kier molecular flexibility index (Phi) is 4.77. The largest absolute Gasteiger partial charge is 0.496 e. The first-order valence-corrected chi connectivity index (χ1v) is 8.25. The summed E-state index contributed by atoms with van der Waals surface area (Å²) in [5, 5.41) is 0. The molecule has 1 aromatic carbocycles. The third kappa shape index (κ3) is 3.48. The average Bonchev–Trinajstić information content (AvgIpc) is 2.40. The number of nitrogens with one attached hydrogen (secondary N) is 1. The second-order valence-corrected chi connectivity index (χ2v) is 7.61. The van der Waals surface area contributed by atoms with Crippen molar-refractivity contribution in [3.8, 4) is 17.1 Å². The molecule has 0 unspecified atom stereocenters. The van der Waals surface area contributed by atoms with Crippen LogP contribution in [0, 0.1) is 3.57 Å². The summed E-state index contributed by atoms with van der Waals surface area (Å²) in [6.45, 7) is 6.14. The van der Waals surface area contributed by atoms with E-state index < -0.39 is 0 Å². The van der Waals surface area contributed by atoms with Gasteiger partial charge < -0.3 is 9.72 Å². The standard InChI is InChI=1S/C15H16BrIN2O2/c1-15(2,3)12-11(17)14(20)19-13(18-12)8-5-6-10(21-4)9(16)7-8/h5-7H,1-4H3,(H,18,19,20). The minimum absolute atomic E-state index is 0.113. The van der Waals surface area contributed by atoms with Gasteiger partial charge in [0.1, 0.15) is 15.1 Å². The van der Waals surface area contributed by atoms with Gasteiger partial charge in [-0.3, -0.25) is 4.79 Å². The molecule has 0 radical (unpaired) electrons. The zero-order valence-corrected chi connectivity index (χ0v) is 16.0. The molecule has 0 spiro atoms. The van der Waals surface area contributed by atoms with Gasteiger partial charge in [-0.15, -0.1) is 0 Å². The van der Waals surface area contributed by atoms with Crippen LogP contribution in [-0.4, -0.2) is 17.1 Å². The first kappa shape index (κ1) is 16.5. The van der Waals surface area contributed by atoms with E-state index in [1.165, 1.54) is 0 Å². The Bertz CT molecular complexity index is 735. The second kappa shape index (κ2) is 6.08. The second-order valence-electron chi connectivity index (χ2n) is 5.68. The summed E-state index contributed by atoms with van der Waals surface area (Å²) in [7, 11) is 1.61. The monoisotopic (exact) mass is 462 g/mol. The van der Waals surface area contributed by atoms with Crippen molar-refractivity contribution in [1.29, 1.82) is 0 Å². The molecule has 21 heavy (non-hydrogen) atoms. The molecule has 0 bridgehead atoms. The van der Waals surface area contributed by atoms with Gasteiger partial charge in [-0.25, -0.2) is 4.98 Å². The Morgan fingerprint density at radius 1 is 1.33 bits per heavy atom. The third-order valence-corrected chi connectivity index (χ3v) is 4.62. The maximum atomic E-state index is 12.1. The lowest BCUT2D eigenvalue weighted by atomic mass is 9.92. The summed E-state index contributed by atoms with van der Waals surface area (Å²) in [6.07, 6.45) is 0. The molecular weight excluding hydrogens is 447 g/mol. The molecule has 0 aliphatic heterocycles. The molecule has 0 saturated carbocycles. The van der Waals surface area contributed by atoms with Crippen molar-refractivity contribution in [3.63, 3.8) is 0 Å². The molecule has 1 heterocycles. The van der Waals surface area contributed by atoms with Crippen LogP contribution in [0.25, 0.3) is 11.4 Å². The average molecular weight is 463 g/mol. The fourth-order valence-electron chi connectivity index (χ4n) is 1.91. The molecule has 0 saturated heterocycles. The number of nitrogens with zero attached hydrogens (tertiary/aromatic N) is 1. The maximum Gasteiger partial charge on any atom is 0.264 e. The lowest BCUT2D eigenvalue weighted by molar-refractivity contribution is 0.412. The number of methoxy groups -OCH3 is 1. The fourth-order valence-corrected chi connectivity index (χ4v) is 3.51. The van der Waals surface area contributed by atoms with Gasteiger partial charge in [-0.1, -0.05) is 20.8 Å². The molecule has 0 fully saturated rings. The van der Waals surface area contributed by atoms with Gasteiger partial charge in [-0.2, -0.15) is 0 Å². The SMILES string of the molecule is COc1ccc(-c2nc(C(C)(C)C)c(I)c(=O)[nH]2)cc1Br. The van der Waals surface area contributed by atoms with Gasteiger partial charge in [0.2, 0.25) is 0 Å². The quantitative estimate of drug-likeness (QED) is 0.683. The molecule has 2 aromatic rings. The van der Waals surface area contributed by atoms with Crippen molar-refractivity contribution in [3.05, 3.63) is 42.3 Å². The topological polar surface area (TPSA) is 55.0 Å². The van der Waals surface area contributed by atoms with E-state index in [-0.39, 0.29) is 11.0 Å². The molecule has 2 rings (SSSR count). The number of rotatable bonds is 2. The fraction of sp³-hybridized carbons (Fsp3) is 0.333. The van der Waals surface area contributed by atoms with Gasteiger partial charge in [-0.05, 0) is 56.7 Å². The Morgan fingerprint density at radius 2 is 2.00 bits per heavy atom. The Morgan fingerprint density at radius 3 is 2.52 bits per heavy atom.